The molecule has 1 aromatic carbocycles. The van der Waals surface area contributed by atoms with Gasteiger partial charge >= 0.3 is 0 Å². The lowest BCUT2D eigenvalue weighted by Gasteiger charge is -2.03. The van der Waals surface area contributed by atoms with Crippen molar-refractivity contribution < 1.29 is 14.6 Å². The Labute approximate surface area is 148 Å². The number of carbonyl (C=O) groups is 1. The van der Waals surface area contributed by atoms with Crippen molar-refractivity contribution in [3.05, 3.63) is 52.5 Å². The Morgan fingerprint density at radius 2 is 2.20 bits per heavy atom. The summed E-state index contributed by atoms with van der Waals surface area (Å²) in [5.74, 6) is -0.0483. The summed E-state index contributed by atoms with van der Waals surface area (Å²) < 4.78 is 5.02. The number of nitrogens with zero attached hydrogens (tertiary/aromatic N) is 2. The summed E-state index contributed by atoms with van der Waals surface area (Å²) in [4.78, 5) is 14.3. The van der Waals surface area contributed by atoms with Gasteiger partial charge in [-0.3, -0.25) is 9.89 Å². The Morgan fingerprint density at radius 1 is 1.36 bits per heavy atom. The Morgan fingerprint density at radius 3 is 2.92 bits per heavy atom. The Balaban J connectivity index is 1.66. The molecule has 1 amide bonds. The van der Waals surface area contributed by atoms with E-state index in [1.165, 1.54) is 24.3 Å². The summed E-state index contributed by atoms with van der Waals surface area (Å²) in [7, 11) is 1.46. The van der Waals surface area contributed by atoms with E-state index in [1.54, 1.807) is 29.5 Å². The van der Waals surface area contributed by atoms with Gasteiger partial charge in [0.15, 0.2) is 17.2 Å². The molecule has 0 saturated heterocycles. The number of thiophene rings is 1. The van der Waals surface area contributed by atoms with Crippen molar-refractivity contribution in [2.24, 2.45) is 5.10 Å². The van der Waals surface area contributed by atoms with Crippen LogP contribution in [0.4, 0.5) is 0 Å². The Kier molecular flexibility index (Phi) is 4.80. The van der Waals surface area contributed by atoms with Crippen LogP contribution in [0.2, 0.25) is 0 Å². The van der Waals surface area contributed by atoms with Crippen LogP contribution in [-0.2, 0) is 0 Å². The van der Waals surface area contributed by atoms with Crippen LogP contribution in [-0.4, -0.2) is 34.5 Å². The van der Waals surface area contributed by atoms with Crippen molar-refractivity contribution in [1.29, 1.82) is 0 Å². The molecule has 3 rings (SSSR count). The predicted molar refractivity (Wildman–Crippen MR) is 96.4 cm³/mol. The third-order valence-corrected chi connectivity index (χ3v) is 4.43. The minimum atomic E-state index is -0.419. The first-order valence-electron chi connectivity index (χ1n) is 7.39. The first-order valence-corrected chi connectivity index (χ1v) is 8.21. The maximum absolute atomic E-state index is 12.1. The number of aromatic amines is 1. The second-order valence-electron chi connectivity index (χ2n) is 5.21. The number of benzene rings is 1. The monoisotopic (exact) mass is 356 g/mol. The minimum Gasteiger partial charge on any atom is -0.504 e. The molecule has 0 unspecified atom stereocenters. The third-order valence-electron chi connectivity index (χ3n) is 3.40. The fourth-order valence-electron chi connectivity index (χ4n) is 2.14. The highest BCUT2D eigenvalue weighted by Gasteiger charge is 2.11. The molecule has 0 atom stereocenters. The average molecular weight is 356 g/mol. The summed E-state index contributed by atoms with van der Waals surface area (Å²) >= 11 is 1.62. The molecule has 0 spiro atoms. The molecule has 7 nitrogen and oxygen atoms in total. The van der Waals surface area contributed by atoms with E-state index >= 15 is 0 Å². The molecule has 3 N–H and O–H groups in total. The predicted octanol–water partition coefficient (Wildman–Crippen LogP) is 2.92. The largest absolute Gasteiger partial charge is 0.504 e. The van der Waals surface area contributed by atoms with Gasteiger partial charge in [-0.25, -0.2) is 5.43 Å². The normalized spacial score (nSPS) is 11.0. The Hall–Kier alpha value is -3.13. The fourth-order valence-corrected chi connectivity index (χ4v) is 2.97. The van der Waals surface area contributed by atoms with Crippen LogP contribution in [0.3, 0.4) is 0 Å². The first-order chi connectivity index (χ1) is 12.1. The number of hydrogen-bond donors (Lipinski definition) is 3. The number of carbonyl (C=O) groups excluding carboxylic acids is 1. The van der Waals surface area contributed by atoms with Crippen LogP contribution in [0.5, 0.6) is 11.5 Å². The van der Waals surface area contributed by atoms with Gasteiger partial charge in [-0.1, -0.05) is 0 Å². The van der Waals surface area contributed by atoms with E-state index in [2.05, 4.69) is 20.7 Å². The van der Waals surface area contributed by atoms with Crippen molar-refractivity contribution in [3.63, 3.8) is 0 Å². The minimum absolute atomic E-state index is 0.0385. The third kappa shape index (κ3) is 3.86. The second kappa shape index (κ2) is 7.18. The number of rotatable bonds is 5. The number of hydrogen-bond acceptors (Lipinski definition) is 6. The van der Waals surface area contributed by atoms with Crippen molar-refractivity contribution in [2.75, 3.05) is 7.11 Å². The molecule has 0 aliphatic rings. The summed E-state index contributed by atoms with van der Waals surface area (Å²) in [6.45, 7) is 2.02. The van der Waals surface area contributed by atoms with Crippen molar-refractivity contribution >= 4 is 23.5 Å². The van der Waals surface area contributed by atoms with E-state index in [-0.39, 0.29) is 11.4 Å². The van der Waals surface area contributed by atoms with Crippen molar-refractivity contribution in [1.82, 2.24) is 15.6 Å². The van der Waals surface area contributed by atoms with Crippen LogP contribution >= 0.6 is 11.3 Å². The van der Waals surface area contributed by atoms with Crippen molar-refractivity contribution in [2.45, 2.75) is 6.92 Å². The lowest BCUT2D eigenvalue weighted by molar-refractivity contribution is 0.0950. The van der Waals surface area contributed by atoms with E-state index in [9.17, 15) is 9.90 Å². The molecule has 2 heterocycles. The molecule has 2 aromatic heterocycles. The van der Waals surface area contributed by atoms with Crippen LogP contribution in [0.25, 0.3) is 10.6 Å². The fraction of sp³-hybridized carbons (Fsp3) is 0.118. The zero-order valence-electron chi connectivity index (χ0n) is 13.6. The molecule has 8 heteroatoms. The standard InChI is InChI=1S/C17H16N4O3S/c1-10-3-6-16(25-10)12-8-13(20-19-12)17(23)21-18-9-11-4-5-14(22)15(7-11)24-2/h3-9,22H,1-2H3,(H,19,20)(H,21,23). The number of amides is 1. The van der Waals surface area contributed by atoms with E-state index in [0.29, 0.717) is 11.3 Å². The zero-order valence-corrected chi connectivity index (χ0v) is 14.4. The van der Waals surface area contributed by atoms with E-state index in [4.69, 9.17) is 4.74 Å². The highest BCUT2D eigenvalue weighted by molar-refractivity contribution is 7.15. The molecular weight excluding hydrogens is 340 g/mol. The number of phenols is 1. The maximum Gasteiger partial charge on any atom is 0.291 e. The smallest absolute Gasteiger partial charge is 0.291 e. The lowest BCUT2D eigenvalue weighted by atomic mass is 10.2. The molecule has 3 aromatic rings. The quantitative estimate of drug-likeness (QED) is 0.483. The highest BCUT2D eigenvalue weighted by atomic mass is 32.1. The number of methoxy groups -OCH3 is 1. The molecule has 0 bridgehead atoms. The van der Waals surface area contributed by atoms with Crippen LogP contribution in [0.15, 0.2) is 41.5 Å². The van der Waals surface area contributed by atoms with E-state index < -0.39 is 5.91 Å². The van der Waals surface area contributed by atoms with Gasteiger partial charge in [0, 0.05) is 4.88 Å². The van der Waals surface area contributed by atoms with E-state index in [0.717, 1.165) is 10.6 Å². The van der Waals surface area contributed by atoms with Gasteiger partial charge in [0.05, 0.1) is 23.9 Å². The zero-order chi connectivity index (χ0) is 17.8. The first kappa shape index (κ1) is 16.7. The molecule has 0 aliphatic heterocycles. The summed E-state index contributed by atoms with van der Waals surface area (Å²) in [5, 5.41) is 20.3. The van der Waals surface area contributed by atoms with Gasteiger partial charge in [-0.2, -0.15) is 10.2 Å². The number of H-pyrrole nitrogens is 1. The molecule has 0 fully saturated rings. The van der Waals surface area contributed by atoms with Gasteiger partial charge in [0.1, 0.15) is 0 Å². The second-order valence-corrected chi connectivity index (χ2v) is 6.50. The lowest BCUT2D eigenvalue weighted by Crippen LogP contribution is -2.18. The average Bonchev–Trinajstić information content (AvgIpc) is 3.25. The number of ether oxygens (including phenoxy) is 1. The number of hydrazone groups is 1. The number of nitrogens with one attached hydrogen (secondary N) is 2. The van der Waals surface area contributed by atoms with Gasteiger partial charge < -0.3 is 9.84 Å². The number of aromatic nitrogens is 2. The SMILES string of the molecule is COc1cc(C=NNC(=O)c2cc(-c3ccc(C)s3)[nH]n2)ccc1O. The molecule has 0 radical (unpaired) electrons. The molecule has 0 saturated carbocycles. The van der Waals surface area contributed by atoms with Gasteiger partial charge in [-0.15, -0.1) is 11.3 Å². The van der Waals surface area contributed by atoms with Gasteiger partial charge in [0.25, 0.3) is 5.91 Å². The van der Waals surface area contributed by atoms with Crippen LogP contribution in [0, 0.1) is 6.92 Å². The molecular formula is C17H16N4O3S. The van der Waals surface area contributed by atoms with Gasteiger partial charge in [-0.05, 0) is 48.9 Å². The van der Waals surface area contributed by atoms with E-state index in [1.807, 2.05) is 19.1 Å². The molecule has 0 aliphatic carbocycles. The van der Waals surface area contributed by atoms with Crippen LogP contribution < -0.4 is 10.2 Å². The topological polar surface area (TPSA) is 99.6 Å². The summed E-state index contributed by atoms with van der Waals surface area (Å²) in [6, 6.07) is 10.4. The summed E-state index contributed by atoms with van der Waals surface area (Å²) in [5.41, 5.74) is 4.13. The highest BCUT2D eigenvalue weighted by Crippen LogP contribution is 2.26. The number of aromatic hydroxyl groups is 1. The maximum atomic E-state index is 12.1. The number of aryl methyl sites for hydroxylation is 1. The van der Waals surface area contributed by atoms with Crippen LogP contribution in [0.1, 0.15) is 20.9 Å². The summed E-state index contributed by atoms with van der Waals surface area (Å²) in [6.07, 6.45) is 1.45. The molecule has 128 valence electrons. The van der Waals surface area contributed by atoms with Gasteiger partial charge in [0.2, 0.25) is 0 Å². The Bertz CT molecular complexity index is 930. The number of phenolic OH excluding ortho intramolecular Hbond substituents is 1. The molecule has 25 heavy (non-hydrogen) atoms. The van der Waals surface area contributed by atoms with Crippen molar-refractivity contribution in [3.8, 4) is 22.1 Å².